The van der Waals surface area contributed by atoms with Crippen molar-refractivity contribution in [3.63, 3.8) is 0 Å². The van der Waals surface area contributed by atoms with Gasteiger partial charge in [0.1, 0.15) is 0 Å². The first kappa shape index (κ1) is 10.4. The highest BCUT2D eigenvalue weighted by Gasteiger charge is 2.21. The van der Waals surface area contributed by atoms with Crippen LogP contribution in [0.1, 0.15) is 33.6 Å². The van der Waals surface area contributed by atoms with Crippen molar-refractivity contribution in [3.05, 3.63) is 0 Å². The maximum absolute atomic E-state index is 10.5. The number of hydrogen-bond donors (Lipinski definition) is 2. The molecule has 3 nitrogen and oxygen atoms in total. The molecule has 0 aliphatic carbocycles. The highest BCUT2D eigenvalue weighted by Crippen LogP contribution is 2.16. The van der Waals surface area contributed by atoms with Gasteiger partial charge in [-0.15, -0.1) is 0 Å². The maximum Gasteiger partial charge on any atom is 0.219 e. The van der Waals surface area contributed by atoms with Crippen LogP contribution < -0.4 is 11.5 Å². The van der Waals surface area contributed by atoms with Crippen LogP contribution in [0.2, 0.25) is 0 Å². The Balaban J connectivity index is 3.89. The van der Waals surface area contributed by atoms with Gasteiger partial charge in [-0.25, -0.2) is 0 Å². The van der Waals surface area contributed by atoms with Crippen LogP contribution in [-0.2, 0) is 4.79 Å². The molecule has 0 aromatic rings. The van der Waals surface area contributed by atoms with Crippen molar-refractivity contribution < 1.29 is 4.79 Å². The van der Waals surface area contributed by atoms with Gasteiger partial charge in [0.25, 0.3) is 0 Å². The second-order valence-electron chi connectivity index (χ2n) is 3.90. The lowest BCUT2D eigenvalue weighted by molar-refractivity contribution is -0.119. The Morgan fingerprint density at radius 1 is 1.55 bits per heavy atom. The predicted octanol–water partition coefficient (Wildman–Crippen LogP) is 0.625. The summed E-state index contributed by atoms with van der Waals surface area (Å²) < 4.78 is 0. The van der Waals surface area contributed by atoms with Crippen LogP contribution in [0.25, 0.3) is 0 Å². The molecule has 1 amide bonds. The lowest BCUT2D eigenvalue weighted by atomic mass is 9.89. The summed E-state index contributed by atoms with van der Waals surface area (Å²) in [6.45, 7) is 6.01. The molecule has 11 heavy (non-hydrogen) atoms. The van der Waals surface area contributed by atoms with Crippen molar-refractivity contribution in [1.29, 1.82) is 0 Å². The molecular formula is C8H18N2O. The third-order valence-electron chi connectivity index (χ3n) is 1.45. The zero-order chi connectivity index (χ0) is 9.07. The molecule has 4 N–H and O–H groups in total. The summed E-state index contributed by atoms with van der Waals surface area (Å²) in [7, 11) is 0. The molecule has 66 valence electrons. The van der Waals surface area contributed by atoms with Crippen molar-refractivity contribution in [2.45, 2.75) is 39.2 Å². The molecule has 1 unspecified atom stereocenters. The molecule has 0 rings (SSSR count). The van der Waals surface area contributed by atoms with E-state index in [1.54, 1.807) is 0 Å². The van der Waals surface area contributed by atoms with Gasteiger partial charge >= 0.3 is 0 Å². The van der Waals surface area contributed by atoms with Gasteiger partial charge < -0.3 is 11.5 Å². The molecule has 0 aliphatic heterocycles. The molecule has 0 radical (unpaired) electrons. The fourth-order valence-electron chi connectivity index (χ4n) is 1.40. The number of primary amides is 1. The van der Waals surface area contributed by atoms with Crippen LogP contribution in [0.4, 0.5) is 0 Å². The number of hydrogen-bond acceptors (Lipinski definition) is 2. The van der Waals surface area contributed by atoms with Crippen LogP contribution >= 0.6 is 0 Å². The minimum Gasteiger partial charge on any atom is -0.370 e. The normalized spacial score (nSPS) is 16.5. The molecule has 0 aromatic carbocycles. The van der Waals surface area contributed by atoms with Gasteiger partial charge in [-0.2, -0.15) is 0 Å². The second kappa shape index (κ2) is 3.72. The van der Waals surface area contributed by atoms with Crippen molar-refractivity contribution in [1.82, 2.24) is 0 Å². The van der Waals surface area contributed by atoms with Crippen molar-refractivity contribution >= 4 is 5.91 Å². The van der Waals surface area contributed by atoms with E-state index in [0.717, 1.165) is 6.42 Å². The van der Waals surface area contributed by atoms with E-state index in [1.165, 1.54) is 0 Å². The monoisotopic (exact) mass is 158 g/mol. The number of carbonyl (C=O) groups is 1. The van der Waals surface area contributed by atoms with Gasteiger partial charge in [-0.1, -0.05) is 13.8 Å². The molecular weight excluding hydrogens is 140 g/mol. The van der Waals surface area contributed by atoms with Crippen LogP contribution in [0.3, 0.4) is 0 Å². The van der Waals surface area contributed by atoms with E-state index in [4.69, 9.17) is 11.5 Å². The maximum atomic E-state index is 10.5. The topological polar surface area (TPSA) is 69.1 Å². The van der Waals surface area contributed by atoms with Crippen molar-refractivity contribution in [2.75, 3.05) is 0 Å². The van der Waals surface area contributed by atoms with Gasteiger partial charge in [0.2, 0.25) is 5.91 Å². The Morgan fingerprint density at radius 2 is 2.00 bits per heavy atom. The summed E-state index contributed by atoms with van der Waals surface area (Å²) in [6, 6.07) is 0. The SMILES string of the molecule is CC(C)CC(C)(N)CC(N)=O. The molecule has 0 heterocycles. The number of nitrogens with two attached hydrogens (primary N) is 2. The summed E-state index contributed by atoms with van der Waals surface area (Å²) >= 11 is 0. The average molecular weight is 158 g/mol. The standard InChI is InChI=1S/C8H18N2O/c1-6(2)4-8(3,10)5-7(9)11/h6H,4-5,10H2,1-3H3,(H2,9,11). The average Bonchev–Trinajstić information content (AvgIpc) is 1.53. The zero-order valence-corrected chi connectivity index (χ0v) is 7.55. The highest BCUT2D eigenvalue weighted by atomic mass is 16.1. The molecule has 1 atom stereocenters. The third-order valence-corrected chi connectivity index (χ3v) is 1.45. The smallest absolute Gasteiger partial charge is 0.219 e. The van der Waals surface area contributed by atoms with Crippen molar-refractivity contribution in [3.8, 4) is 0 Å². The molecule has 0 spiro atoms. The molecule has 3 heteroatoms. The molecule has 0 aliphatic rings. The van der Waals surface area contributed by atoms with E-state index >= 15 is 0 Å². The molecule has 0 bridgehead atoms. The Bertz CT molecular complexity index is 141. The third kappa shape index (κ3) is 5.85. The van der Waals surface area contributed by atoms with Gasteiger partial charge in [-0.05, 0) is 19.3 Å². The lowest BCUT2D eigenvalue weighted by Gasteiger charge is -2.24. The fourth-order valence-corrected chi connectivity index (χ4v) is 1.40. The van der Waals surface area contributed by atoms with Crippen LogP contribution in [-0.4, -0.2) is 11.4 Å². The summed E-state index contributed by atoms with van der Waals surface area (Å²) in [5.41, 5.74) is 10.4. The van der Waals surface area contributed by atoms with Crippen LogP contribution in [0.15, 0.2) is 0 Å². The first-order valence-electron chi connectivity index (χ1n) is 3.91. The van der Waals surface area contributed by atoms with Gasteiger partial charge in [-0.3, -0.25) is 4.79 Å². The quantitative estimate of drug-likeness (QED) is 0.630. The lowest BCUT2D eigenvalue weighted by Crippen LogP contribution is -2.41. The van der Waals surface area contributed by atoms with Crippen LogP contribution in [0.5, 0.6) is 0 Å². The number of amides is 1. The highest BCUT2D eigenvalue weighted by molar-refractivity contribution is 5.75. The Morgan fingerprint density at radius 3 is 2.27 bits per heavy atom. The van der Waals surface area contributed by atoms with E-state index in [-0.39, 0.29) is 12.3 Å². The first-order chi connectivity index (χ1) is 4.83. The van der Waals surface area contributed by atoms with Crippen LogP contribution in [0, 0.1) is 5.92 Å². The van der Waals surface area contributed by atoms with Crippen molar-refractivity contribution in [2.24, 2.45) is 17.4 Å². The van der Waals surface area contributed by atoms with E-state index in [9.17, 15) is 4.79 Å². The first-order valence-corrected chi connectivity index (χ1v) is 3.91. The largest absolute Gasteiger partial charge is 0.370 e. The summed E-state index contributed by atoms with van der Waals surface area (Å²) in [5.74, 6) is 0.181. The second-order valence-corrected chi connectivity index (χ2v) is 3.90. The molecule has 0 saturated carbocycles. The zero-order valence-electron chi connectivity index (χ0n) is 7.55. The minimum absolute atomic E-state index is 0.269. The summed E-state index contributed by atoms with van der Waals surface area (Å²) in [4.78, 5) is 10.5. The van der Waals surface area contributed by atoms with Gasteiger partial charge in [0.15, 0.2) is 0 Å². The summed E-state index contributed by atoms with van der Waals surface area (Å²) in [6.07, 6.45) is 1.10. The Hall–Kier alpha value is -0.570. The number of carbonyl (C=O) groups excluding carboxylic acids is 1. The van der Waals surface area contributed by atoms with E-state index in [2.05, 4.69) is 13.8 Å². The summed E-state index contributed by atoms with van der Waals surface area (Å²) in [5, 5.41) is 0. The van der Waals surface area contributed by atoms with Gasteiger partial charge in [0, 0.05) is 12.0 Å². The van der Waals surface area contributed by atoms with E-state index in [0.29, 0.717) is 5.92 Å². The molecule has 0 saturated heterocycles. The Kier molecular flexibility index (Phi) is 3.52. The van der Waals surface area contributed by atoms with Gasteiger partial charge in [0.05, 0.1) is 0 Å². The van der Waals surface area contributed by atoms with E-state index < -0.39 is 5.54 Å². The fraction of sp³-hybridized carbons (Fsp3) is 0.875. The Labute approximate surface area is 68.1 Å². The predicted molar refractivity (Wildman–Crippen MR) is 45.9 cm³/mol. The van der Waals surface area contributed by atoms with E-state index in [1.807, 2.05) is 6.92 Å². The molecule has 0 aromatic heterocycles. The number of rotatable bonds is 4. The minimum atomic E-state index is -0.431. The molecule has 0 fully saturated rings.